The molecule has 8 rings (SSSR count). The molecule has 0 saturated heterocycles. The fraction of sp³-hybridized carbons (Fsp3) is 0. The highest BCUT2D eigenvalue weighted by Crippen LogP contribution is 2.32. The molecule has 8 aromatic rings. The van der Waals surface area contributed by atoms with Crippen LogP contribution >= 0.6 is 23.2 Å². The molecule has 2 heterocycles. The molecule has 0 aliphatic heterocycles. The molecule has 236 valence electrons. The lowest BCUT2D eigenvalue weighted by Crippen LogP contribution is -2.00. The molecule has 0 amide bonds. The molecule has 50 heavy (non-hydrogen) atoms. The molecule has 0 atom stereocenters. The number of nitrogens with zero attached hydrogens (tertiary/aromatic N) is 4. The summed E-state index contributed by atoms with van der Waals surface area (Å²) >= 11 is 12.4. The van der Waals surface area contributed by atoms with E-state index < -0.39 is 0 Å². The van der Waals surface area contributed by atoms with Gasteiger partial charge in [0, 0.05) is 49.0 Å². The third kappa shape index (κ3) is 6.74. The molecule has 0 unspecified atom stereocenters. The number of pyridine rings is 1. The minimum Gasteiger partial charge on any atom is -0.248 e. The normalized spacial score (nSPS) is 10.8. The first kappa shape index (κ1) is 31.2. The van der Waals surface area contributed by atoms with Gasteiger partial charge in [-0.2, -0.15) is 0 Å². The van der Waals surface area contributed by atoms with E-state index in [9.17, 15) is 0 Å². The lowest BCUT2D eigenvalue weighted by Gasteiger charge is -2.10. The van der Waals surface area contributed by atoms with Crippen LogP contribution in [0.25, 0.3) is 78.9 Å². The summed E-state index contributed by atoms with van der Waals surface area (Å²) in [5.74, 6) is 1.84. The number of rotatable bonds is 7. The van der Waals surface area contributed by atoms with Crippen LogP contribution in [0.1, 0.15) is 0 Å². The van der Waals surface area contributed by atoms with Crippen LogP contribution in [0.15, 0.2) is 158 Å². The highest BCUT2D eigenvalue weighted by molar-refractivity contribution is 6.31. The Kier molecular flexibility index (Phi) is 8.59. The number of hydrogen-bond acceptors (Lipinski definition) is 4. The summed E-state index contributed by atoms with van der Waals surface area (Å²) in [7, 11) is 0. The van der Waals surface area contributed by atoms with Crippen LogP contribution < -0.4 is 0 Å². The van der Waals surface area contributed by atoms with Crippen molar-refractivity contribution in [3.63, 3.8) is 0 Å². The van der Waals surface area contributed by atoms with E-state index in [-0.39, 0.29) is 0 Å². The highest BCUT2D eigenvalue weighted by Gasteiger charge is 2.14. The van der Waals surface area contributed by atoms with E-state index in [2.05, 4.69) is 48.5 Å². The van der Waals surface area contributed by atoms with Gasteiger partial charge >= 0.3 is 0 Å². The van der Waals surface area contributed by atoms with Crippen LogP contribution in [0.5, 0.6) is 0 Å². The average molecular weight is 682 g/mol. The van der Waals surface area contributed by atoms with Crippen LogP contribution in [0.3, 0.4) is 0 Å². The Labute approximate surface area is 300 Å². The second-order valence-corrected chi connectivity index (χ2v) is 12.5. The van der Waals surface area contributed by atoms with Gasteiger partial charge in [0.25, 0.3) is 0 Å². The fourth-order valence-corrected chi connectivity index (χ4v) is 5.96. The third-order valence-electron chi connectivity index (χ3n) is 8.30. The van der Waals surface area contributed by atoms with Gasteiger partial charge in [0.2, 0.25) is 0 Å². The van der Waals surface area contributed by atoms with E-state index in [0.29, 0.717) is 27.5 Å². The van der Waals surface area contributed by atoms with Crippen molar-refractivity contribution in [3.8, 4) is 78.9 Å². The minimum atomic E-state index is 0.599. The van der Waals surface area contributed by atoms with Crippen molar-refractivity contribution in [3.05, 3.63) is 180 Å². The molecule has 0 N–H and O–H groups in total. The highest BCUT2D eigenvalue weighted by atomic mass is 35.5. The summed E-state index contributed by atoms with van der Waals surface area (Å²) < 4.78 is 0. The van der Waals surface area contributed by atoms with E-state index in [0.717, 1.165) is 61.5 Å². The Morgan fingerprint density at radius 2 is 0.740 bits per heavy atom. The van der Waals surface area contributed by atoms with Gasteiger partial charge in [-0.1, -0.05) is 138 Å². The zero-order valence-electron chi connectivity index (χ0n) is 26.6. The maximum Gasteiger partial charge on any atom is 0.164 e. The molecule has 0 aliphatic carbocycles. The Balaban J connectivity index is 1.16. The SMILES string of the molecule is Clc1ccc(-c2cc(-c3c#cc(-c4cccc(-c5nc(-c6ccccc6)nc(-c6ccccc6)n5)c4)cc3)cc(-c3ccc(Cl)cc3)n2)cc1. The van der Waals surface area contributed by atoms with Crippen molar-refractivity contribution in [2.24, 2.45) is 0 Å². The van der Waals surface area contributed by atoms with Crippen molar-refractivity contribution < 1.29 is 0 Å². The molecule has 0 aliphatic rings. The van der Waals surface area contributed by atoms with Crippen LogP contribution in [0.2, 0.25) is 10.0 Å². The maximum absolute atomic E-state index is 6.19. The van der Waals surface area contributed by atoms with Gasteiger partial charge < -0.3 is 0 Å². The molecule has 0 saturated carbocycles. The summed E-state index contributed by atoms with van der Waals surface area (Å²) in [6.07, 6.45) is 0. The van der Waals surface area contributed by atoms with Crippen LogP contribution in [0.4, 0.5) is 0 Å². The second-order valence-electron chi connectivity index (χ2n) is 11.7. The molecule has 2 aromatic heterocycles. The Morgan fingerprint density at radius 1 is 0.320 bits per heavy atom. The molecule has 6 aromatic carbocycles. The van der Waals surface area contributed by atoms with Crippen LogP contribution in [-0.2, 0) is 0 Å². The molecule has 0 bridgehead atoms. The van der Waals surface area contributed by atoms with Gasteiger partial charge in [-0.15, -0.1) is 0 Å². The van der Waals surface area contributed by atoms with Crippen LogP contribution in [-0.4, -0.2) is 19.9 Å². The molecule has 6 heteroatoms. The zero-order chi connectivity index (χ0) is 33.9. The molecule has 0 fully saturated rings. The van der Waals surface area contributed by atoms with Crippen LogP contribution in [0, 0.1) is 12.1 Å². The average Bonchev–Trinajstić information content (AvgIpc) is 3.19. The van der Waals surface area contributed by atoms with E-state index in [1.807, 2.05) is 121 Å². The standard InChI is InChI=1S/C44H26Cl2N4/c45-38-22-18-31(19-23-38)40-27-37(28-41(47-40)32-20-24-39(46)25-21-32)30-16-14-29(15-17-30)35-12-7-13-36(26-35)44-49-42(33-8-3-1-4-9-33)48-43(50-44)34-10-5-2-6-11-34/h1-14,16,18-28H. The Hall–Kier alpha value is -6.12. The van der Waals surface area contributed by atoms with Gasteiger partial charge in [0.1, 0.15) is 0 Å². The molecule has 0 spiro atoms. The smallest absolute Gasteiger partial charge is 0.164 e. The minimum absolute atomic E-state index is 0.599. The number of benzene rings is 5. The predicted molar refractivity (Wildman–Crippen MR) is 203 cm³/mol. The quantitative estimate of drug-likeness (QED) is 0.168. The largest absolute Gasteiger partial charge is 0.248 e. The Bertz CT molecular complexity index is 2290. The monoisotopic (exact) mass is 680 g/mol. The number of halogens is 2. The van der Waals surface area contributed by atoms with Crippen molar-refractivity contribution in [2.45, 2.75) is 0 Å². The van der Waals surface area contributed by atoms with E-state index in [4.69, 9.17) is 43.1 Å². The molecule has 4 nitrogen and oxygen atoms in total. The first-order valence-electron chi connectivity index (χ1n) is 16.0. The zero-order valence-corrected chi connectivity index (χ0v) is 28.1. The molecule has 0 radical (unpaired) electrons. The lowest BCUT2D eigenvalue weighted by molar-refractivity contribution is 1.07. The van der Waals surface area contributed by atoms with Gasteiger partial charge in [0.05, 0.1) is 11.4 Å². The van der Waals surface area contributed by atoms with Crippen molar-refractivity contribution in [2.75, 3.05) is 0 Å². The summed E-state index contributed by atoms with van der Waals surface area (Å²) in [4.78, 5) is 19.6. The van der Waals surface area contributed by atoms with Gasteiger partial charge in [-0.3, -0.25) is 0 Å². The summed E-state index contributed by atoms with van der Waals surface area (Å²) in [6, 6.07) is 58.6. The molecular formula is C44H26Cl2N4. The van der Waals surface area contributed by atoms with Gasteiger partial charge in [-0.05, 0) is 65.7 Å². The maximum atomic E-state index is 6.19. The first-order chi connectivity index (χ1) is 24.6. The third-order valence-corrected chi connectivity index (χ3v) is 8.80. The topological polar surface area (TPSA) is 51.6 Å². The first-order valence-corrected chi connectivity index (χ1v) is 16.8. The van der Waals surface area contributed by atoms with E-state index in [1.54, 1.807) is 0 Å². The summed E-state index contributed by atoms with van der Waals surface area (Å²) in [5.41, 5.74) is 10.1. The number of hydrogen-bond donors (Lipinski definition) is 0. The summed E-state index contributed by atoms with van der Waals surface area (Å²) in [5, 5.41) is 1.35. The van der Waals surface area contributed by atoms with Gasteiger partial charge in [-0.25, -0.2) is 19.9 Å². The lowest BCUT2D eigenvalue weighted by atomic mass is 9.99. The number of aromatic nitrogens is 4. The predicted octanol–water partition coefficient (Wildman–Crippen LogP) is 11.8. The van der Waals surface area contributed by atoms with Crippen molar-refractivity contribution in [1.82, 2.24) is 19.9 Å². The fourth-order valence-electron chi connectivity index (χ4n) is 5.71. The van der Waals surface area contributed by atoms with E-state index >= 15 is 0 Å². The van der Waals surface area contributed by atoms with E-state index in [1.165, 1.54) is 0 Å². The molecular weight excluding hydrogens is 655 g/mol. The second kappa shape index (κ2) is 13.8. The van der Waals surface area contributed by atoms with Crippen molar-refractivity contribution in [1.29, 1.82) is 0 Å². The van der Waals surface area contributed by atoms with Crippen molar-refractivity contribution >= 4 is 23.2 Å². The van der Waals surface area contributed by atoms with Gasteiger partial charge in [0.15, 0.2) is 17.5 Å². The summed E-state index contributed by atoms with van der Waals surface area (Å²) in [6.45, 7) is 0. The Morgan fingerprint density at radius 3 is 1.22 bits per heavy atom.